The summed E-state index contributed by atoms with van der Waals surface area (Å²) in [6.07, 6.45) is 2.48. The molecule has 0 aliphatic heterocycles. The molecule has 0 aromatic heterocycles. The minimum absolute atomic E-state index is 0.253. The van der Waals surface area contributed by atoms with Crippen molar-refractivity contribution in [1.29, 1.82) is 0 Å². The smallest absolute Gasteiger partial charge is 0.0213 e. The first-order valence-electron chi connectivity index (χ1n) is 5.69. The molecule has 2 rings (SSSR count). The van der Waals surface area contributed by atoms with Crippen LogP contribution < -0.4 is 0 Å². The Morgan fingerprint density at radius 1 is 1.20 bits per heavy atom. The Kier molecular flexibility index (Phi) is 2.70. The quantitative estimate of drug-likeness (QED) is 0.650. The van der Waals surface area contributed by atoms with Crippen molar-refractivity contribution in [3.8, 4) is 0 Å². The third-order valence-corrected chi connectivity index (χ3v) is 3.98. The van der Waals surface area contributed by atoms with Crippen molar-refractivity contribution >= 4 is 15.9 Å². The topological polar surface area (TPSA) is 0 Å². The number of halogens is 1. The lowest BCUT2D eigenvalue weighted by molar-refractivity contribution is 0.588. The van der Waals surface area contributed by atoms with Gasteiger partial charge in [0.05, 0.1) is 0 Å². The van der Waals surface area contributed by atoms with Crippen LogP contribution in [0.4, 0.5) is 0 Å². The van der Waals surface area contributed by atoms with Crippen molar-refractivity contribution in [2.24, 2.45) is 5.92 Å². The lowest BCUT2D eigenvalue weighted by atomic mass is 9.85. The van der Waals surface area contributed by atoms with E-state index in [1.165, 1.54) is 28.4 Å². The van der Waals surface area contributed by atoms with E-state index in [-0.39, 0.29) is 5.41 Å². The molecule has 82 valence electrons. The molecule has 0 saturated heterocycles. The van der Waals surface area contributed by atoms with E-state index in [0.717, 1.165) is 5.92 Å². The van der Waals surface area contributed by atoms with Gasteiger partial charge < -0.3 is 0 Å². The number of hydrogen-bond donors (Lipinski definition) is 0. The second-order valence-corrected chi connectivity index (χ2v) is 6.71. The summed E-state index contributed by atoms with van der Waals surface area (Å²) in [5.74, 6) is 0.812. The lowest BCUT2D eigenvalue weighted by Gasteiger charge is -2.21. The third-order valence-electron chi connectivity index (χ3n) is 3.27. The van der Waals surface area contributed by atoms with Gasteiger partial charge in [0.2, 0.25) is 0 Å². The first-order valence-corrected chi connectivity index (χ1v) is 6.49. The van der Waals surface area contributed by atoms with E-state index in [0.29, 0.717) is 0 Å². The summed E-state index contributed by atoms with van der Waals surface area (Å²) in [6, 6.07) is 4.71. The maximum Gasteiger partial charge on any atom is 0.0213 e. The van der Waals surface area contributed by atoms with Crippen LogP contribution in [-0.4, -0.2) is 0 Å². The van der Waals surface area contributed by atoms with Gasteiger partial charge >= 0.3 is 0 Å². The van der Waals surface area contributed by atoms with E-state index in [1.807, 2.05) is 0 Å². The molecule has 0 N–H and O–H groups in total. The highest BCUT2D eigenvalue weighted by Gasteiger charge is 2.23. The molecular weight excluding hydrogens is 248 g/mol. The summed E-state index contributed by atoms with van der Waals surface area (Å²) in [6.45, 7) is 9.17. The van der Waals surface area contributed by atoms with E-state index in [9.17, 15) is 0 Å². The largest absolute Gasteiger partial charge is 0.0619 e. The minimum Gasteiger partial charge on any atom is -0.0619 e. The zero-order valence-corrected chi connectivity index (χ0v) is 11.6. The Morgan fingerprint density at radius 2 is 1.87 bits per heavy atom. The monoisotopic (exact) mass is 266 g/mol. The van der Waals surface area contributed by atoms with Gasteiger partial charge in [0.25, 0.3) is 0 Å². The molecule has 1 heteroatoms. The van der Waals surface area contributed by atoms with Crippen LogP contribution in [0.2, 0.25) is 0 Å². The van der Waals surface area contributed by atoms with E-state index in [1.54, 1.807) is 5.56 Å². The van der Waals surface area contributed by atoms with Crippen molar-refractivity contribution in [1.82, 2.24) is 0 Å². The molecule has 0 nitrogen and oxygen atoms in total. The zero-order valence-electron chi connectivity index (χ0n) is 10.0. The molecule has 0 amide bonds. The Balaban J connectivity index is 2.49. The maximum atomic E-state index is 3.72. The molecule has 0 saturated carbocycles. The second-order valence-electron chi connectivity index (χ2n) is 5.86. The molecule has 0 fully saturated rings. The number of benzene rings is 1. The fourth-order valence-corrected chi connectivity index (χ4v) is 3.00. The van der Waals surface area contributed by atoms with Gasteiger partial charge in [0.1, 0.15) is 0 Å². The van der Waals surface area contributed by atoms with Crippen molar-refractivity contribution in [3.05, 3.63) is 33.3 Å². The highest BCUT2D eigenvalue weighted by atomic mass is 79.9. The Labute approximate surface area is 101 Å². The summed E-state index contributed by atoms with van der Waals surface area (Å²) >= 11 is 3.72. The van der Waals surface area contributed by atoms with Gasteiger partial charge in [0, 0.05) is 4.47 Å². The Hall–Kier alpha value is -0.300. The standard InChI is InChI=1S/C14H19Br/c1-9-5-10-7-11(14(2,3)4)8-13(15)12(10)6-9/h7-9H,5-6H2,1-4H3. The van der Waals surface area contributed by atoms with Crippen molar-refractivity contribution in [2.75, 3.05) is 0 Å². The highest BCUT2D eigenvalue weighted by molar-refractivity contribution is 9.10. The molecule has 0 heterocycles. The van der Waals surface area contributed by atoms with Gasteiger partial charge in [-0.3, -0.25) is 0 Å². The zero-order chi connectivity index (χ0) is 11.2. The molecule has 1 aliphatic rings. The summed E-state index contributed by atoms with van der Waals surface area (Å²) in [5.41, 5.74) is 4.79. The first kappa shape index (κ1) is 11.2. The molecule has 0 bridgehead atoms. The predicted octanol–water partition coefficient (Wildman–Crippen LogP) is 4.48. The minimum atomic E-state index is 0.253. The summed E-state index contributed by atoms with van der Waals surface area (Å²) < 4.78 is 1.31. The van der Waals surface area contributed by atoms with E-state index in [4.69, 9.17) is 0 Å². The fourth-order valence-electron chi connectivity index (χ4n) is 2.33. The van der Waals surface area contributed by atoms with Crippen LogP contribution in [0.25, 0.3) is 0 Å². The van der Waals surface area contributed by atoms with Crippen molar-refractivity contribution < 1.29 is 0 Å². The Morgan fingerprint density at radius 3 is 2.47 bits per heavy atom. The summed E-state index contributed by atoms with van der Waals surface area (Å²) in [5, 5.41) is 0. The van der Waals surface area contributed by atoms with Gasteiger partial charge in [-0.1, -0.05) is 49.7 Å². The number of fused-ring (bicyclic) bond motifs is 1. The van der Waals surface area contributed by atoms with E-state index in [2.05, 4.69) is 55.8 Å². The normalized spacial score (nSPS) is 20.5. The molecule has 1 aliphatic carbocycles. The number of hydrogen-bond acceptors (Lipinski definition) is 0. The van der Waals surface area contributed by atoms with Gasteiger partial charge in [0.15, 0.2) is 0 Å². The maximum absolute atomic E-state index is 3.72. The molecular formula is C14H19Br. The van der Waals surface area contributed by atoms with Gasteiger partial charge in [-0.25, -0.2) is 0 Å². The van der Waals surface area contributed by atoms with Crippen LogP contribution in [-0.2, 0) is 18.3 Å². The lowest BCUT2D eigenvalue weighted by Crippen LogP contribution is -2.11. The average molecular weight is 267 g/mol. The SMILES string of the molecule is CC1Cc2cc(C(C)(C)C)cc(Br)c2C1. The van der Waals surface area contributed by atoms with Crippen LogP contribution in [0.15, 0.2) is 16.6 Å². The third kappa shape index (κ3) is 2.13. The molecule has 1 aromatic rings. The molecule has 15 heavy (non-hydrogen) atoms. The number of rotatable bonds is 0. The van der Waals surface area contributed by atoms with Crippen molar-refractivity contribution in [3.63, 3.8) is 0 Å². The molecule has 1 unspecified atom stereocenters. The molecule has 0 radical (unpaired) electrons. The van der Waals surface area contributed by atoms with Crippen LogP contribution in [0, 0.1) is 5.92 Å². The van der Waals surface area contributed by atoms with Crippen LogP contribution >= 0.6 is 15.9 Å². The Bertz CT molecular complexity index is 385. The van der Waals surface area contributed by atoms with Crippen LogP contribution in [0.1, 0.15) is 44.4 Å². The summed E-state index contributed by atoms with van der Waals surface area (Å²) in [4.78, 5) is 0. The van der Waals surface area contributed by atoms with Gasteiger partial charge in [-0.15, -0.1) is 0 Å². The molecule has 1 atom stereocenters. The predicted molar refractivity (Wildman–Crippen MR) is 69.4 cm³/mol. The molecule has 0 spiro atoms. The van der Waals surface area contributed by atoms with Crippen LogP contribution in [0.5, 0.6) is 0 Å². The summed E-state index contributed by atoms with van der Waals surface area (Å²) in [7, 11) is 0. The van der Waals surface area contributed by atoms with Gasteiger partial charge in [-0.05, 0) is 46.9 Å². The van der Waals surface area contributed by atoms with E-state index >= 15 is 0 Å². The molecule has 1 aromatic carbocycles. The van der Waals surface area contributed by atoms with Crippen molar-refractivity contribution in [2.45, 2.75) is 46.0 Å². The van der Waals surface area contributed by atoms with E-state index < -0.39 is 0 Å². The van der Waals surface area contributed by atoms with Gasteiger partial charge in [-0.2, -0.15) is 0 Å². The second kappa shape index (κ2) is 3.62. The van der Waals surface area contributed by atoms with Crippen LogP contribution in [0.3, 0.4) is 0 Å². The average Bonchev–Trinajstić information content (AvgIpc) is 2.44. The first-order chi connectivity index (χ1) is 6.88. The highest BCUT2D eigenvalue weighted by Crippen LogP contribution is 2.36. The fraction of sp³-hybridized carbons (Fsp3) is 0.571.